The minimum absolute atomic E-state index is 0.0843. The molecule has 5 nitrogen and oxygen atoms in total. The van der Waals surface area contributed by atoms with Crippen LogP contribution in [0.4, 0.5) is 13.2 Å². The van der Waals surface area contributed by atoms with E-state index in [9.17, 15) is 18.0 Å². The SMILES string of the molecule is COc1ncc(-c2cccc(OC(F)(F)F)c2)cc1C(=O)O. The Balaban J connectivity index is 2.42. The fourth-order valence-corrected chi connectivity index (χ4v) is 1.80. The third-order valence-corrected chi connectivity index (χ3v) is 2.68. The third kappa shape index (κ3) is 3.66. The van der Waals surface area contributed by atoms with E-state index in [0.29, 0.717) is 11.1 Å². The monoisotopic (exact) mass is 313 g/mol. The van der Waals surface area contributed by atoms with Crippen molar-refractivity contribution in [3.8, 4) is 22.8 Å². The molecule has 1 aromatic carbocycles. The first-order valence-electron chi connectivity index (χ1n) is 5.93. The van der Waals surface area contributed by atoms with E-state index in [1.165, 1.54) is 31.5 Å². The van der Waals surface area contributed by atoms with Crippen LogP contribution in [0.15, 0.2) is 36.5 Å². The molecule has 1 N–H and O–H groups in total. The van der Waals surface area contributed by atoms with Gasteiger partial charge in [-0.1, -0.05) is 12.1 Å². The number of aromatic nitrogens is 1. The molecule has 1 heterocycles. The van der Waals surface area contributed by atoms with Crippen molar-refractivity contribution in [3.63, 3.8) is 0 Å². The molecule has 8 heteroatoms. The van der Waals surface area contributed by atoms with Crippen LogP contribution in [-0.2, 0) is 0 Å². The first kappa shape index (κ1) is 15.6. The van der Waals surface area contributed by atoms with Gasteiger partial charge in [0.25, 0.3) is 0 Å². The summed E-state index contributed by atoms with van der Waals surface area (Å²) >= 11 is 0. The van der Waals surface area contributed by atoms with Gasteiger partial charge in [-0.3, -0.25) is 0 Å². The van der Waals surface area contributed by atoms with E-state index in [2.05, 4.69) is 9.72 Å². The van der Waals surface area contributed by atoms with Crippen LogP contribution in [0.1, 0.15) is 10.4 Å². The van der Waals surface area contributed by atoms with Crippen LogP contribution in [0, 0.1) is 0 Å². The molecule has 0 aliphatic heterocycles. The van der Waals surface area contributed by atoms with Crippen LogP contribution in [0.5, 0.6) is 11.6 Å². The quantitative estimate of drug-likeness (QED) is 0.937. The molecule has 2 rings (SSSR count). The molecule has 0 unspecified atom stereocenters. The van der Waals surface area contributed by atoms with Gasteiger partial charge in [0.1, 0.15) is 11.3 Å². The molecule has 0 radical (unpaired) electrons. The highest BCUT2D eigenvalue weighted by Crippen LogP contribution is 2.29. The molecule has 0 saturated carbocycles. The molecular formula is C14H10F3NO4. The minimum atomic E-state index is -4.80. The van der Waals surface area contributed by atoms with Crippen molar-refractivity contribution in [2.45, 2.75) is 6.36 Å². The highest BCUT2D eigenvalue weighted by atomic mass is 19.4. The van der Waals surface area contributed by atoms with E-state index >= 15 is 0 Å². The second-order valence-corrected chi connectivity index (χ2v) is 4.16. The van der Waals surface area contributed by atoms with Crippen molar-refractivity contribution < 1.29 is 32.5 Å². The van der Waals surface area contributed by atoms with Gasteiger partial charge in [0.05, 0.1) is 7.11 Å². The molecule has 0 aliphatic rings. The van der Waals surface area contributed by atoms with Crippen molar-refractivity contribution in [1.82, 2.24) is 4.98 Å². The van der Waals surface area contributed by atoms with E-state index in [0.717, 1.165) is 12.1 Å². The average molecular weight is 313 g/mol. The predicted molar refractivity (Wildman–Crippen MR) is 69.9 cm³/mol. The number of carboxylic acids is 1. The molecule has 1 aromatic heterocycles. The number of hydrogen-bond acceptors (Lipinski definition) is 4. The lowest BCUT2D eigenvalue weighted by Crippen LogP contribution is -2.17. The number of methoxy groups -OCH3 is 1. The smallest absolute Gasteiger partial charge is 0.480 e. The Bertz CT molecular complexity index is 701. The first-order valence-corrected chi connectivity index (χ1v) is 5.93. The molecule has 0 spiro atoms. The Morgan fingerprint density at radius 3 is 2.55 bits per heavy atom. The van der Waals surface area contributed by atoms with Crippen molar-refractivity contribution in [2.75, 3.05) is 7.11 Å². The van der Waals surface area contributed by atoms with Crippen LogP contribution in [0.25, 0.3) is 11.1 Å². The van der Waals surface area contributed by atoms with Gasteiger partial charge in [-0.05, 0) is 23.8 Å². The molecule has 0 saturated heterocycles. The highest BCUT2D eigenvalue weighted by Gasteiger charge is 2.31. The zero-order valence-corrected chi connectivity index (χ0v) is 11.2. The predicted octanol–water partition coefficient (Wildman–Crippen LogP) is 3.35. The Labute approximate surface area is 122 Å². The van der Waals surface area contributed by atoms with Crippen molar-refractivity contribution in [2.24, 2.45) is 0 Å². The lowest BCUT2D eigenvalue weighted by Gasteiger charge is -2.11. The molecule has 0 bridgehead atoms. The number of benzene rings is 1. The molecular weight excluding hydrogens is 303 g/mol. The summed E-state index contributed by atoms with van der Waals surface area (Å²) in [5.74, 6) is -1.74. The van der Waals surface area contributed by atoms with Gasteiger partial charge in [-0.15, -0.1) is 13.2 Å². The number of carboxylic acid groups (broad SMARTS) is 1. The zero-order valence-electron chi connectivity index (χ0n) is 11.2. The maximum atomic E-state index is 12.2. The van der Waals surface area contributed by atoms with Crippen molar-refractivity contribution in [3.05, 3.63) is 42.1 Å². The molecule has 0 fully saturated rings. The molecule has 0 aliphatic carbocycles. The van der Waals surface area contributed by atoms with Crippen LogP contribution < -0.4 is 9.47 Å². The van der Waals surface area contributed by atoms with Crippen molar-refractivity contribution >= 4 is 5.97 Å². The summed E-state index contributed by atoms with van der Waals surface area (Å²) in [6.45, 7) is 0. The molecule has 0 atom stereocenters. The van der Waals surface area contributed by atoms with Crippen LogP contribution in [-0.4, -0.2) is 29.5 Å². The normalized spacial score (nSPS) is 11.1. The van der Waals surface area contributed by atoms with Crippen molar-refractivity contribution in [1.29, 1.82) is 0 Å². The number of ether oxygens (including phenoxy) is 2. The molecule has 116 valence electrons. The molecule has 0 amide bonds. The second-order valence-electron chi connectivity index (χ2n) is 4.16. The van der Waals surface area contributed by atoms with E-state index in [-0.39, 0.29) is 11.4 Å². The maximum absolute atomic E-state index is 12.2. The summed E-state index contributed by atoms with van der Waals surface area (Å²) in [7, 11) is 1.27. The number of hydrogen-bond donors (Lipinski definition) is 1. The highest BCUT2D eigenvalue weighted by molar-refractivity contribution is 5.91. The van der Waals surface area contributed by atoms with Crippen LogP contribution in [0.3, 0.4) is 0 Å². The summed E-state index contributed by atoms with van der Waals surface area (Å²) in [5.41, 5.74) is 0.465. The van der Waals surface area contributed by atoms with E-state index in [1.54, 1.807) is 0 Å². The fourth-order valence-electron chi connectivity index (χ4n) is 1.80. The van der Waals surface area contributed by atoms with E-state index in [4.69, 9.17) is 9.84 Å². The Hall–Kier alpha value is -2.77. The Morgan fingerprint density at radius 2 is 1.95 bits per heavy atom. The van der Waals surface area contributed by atoms with Gasteiger partial charge in [0.2, 0.25) is 5.88 Å². The summed E-state index contributed by atoms with van der Waals surface area (Å²) < 4.78 is 45.3. The standard InChI is InChI=1S/C14H10F3NO4/c1-21-12-11(13(19)20)6-9(7-18-12)8-3-2-4-10(5-8)22-14(15,16)17/h2-7H,1H3,(H,19,20). The van der Waals surface area contributed by atoms with Gasteiger partial charge >= 0.3 is 12.3 Å². The first-order chi connectivity index (χ1) is 10.3. The van der Waals surface area contributed by atoms with E-state index in [1.807, 2.05) is 0 Å². The lowest BCUT2D eigenvalue weighted by atomic mass is 10.1. The van der Waals surface area contributed by atoms with Gasteiger partial charge in [0, 0.05) is 11.8 Å². The number of carbonyl (C=O) groups is 1. The largest absolute Gasteiger partial charge is 0.573 e. The number of alkyl halides is 3. The Morgan fingerprint density at radius 1 is 1.23 bits per heavy atom. The van der Waals surface area contributed by atoms with Crippen LogP contribution in [0.2, 0.25) is 0 Å². The summed E-state index contributed by atoms with van der Waals surface area (Å²) in [6.07, 6.45) is -3.50. The topological polar surface area (TPSA) is 68.7 Å². The zero-order chi connectivity index (χ0) is 16.3. The fraction of sp³-hybridized carbons (Fsp3) is 0.143. The van der Waals surface area contributed by atoms with E-state index < -0.39 is 18.1 Å². The number of aromatic carboxylic acids is 1. The number of rotatable bonds is 4. The second kappa shape index (κ2) is 5.92. The minimum Gasteiger partial charge on any atom is -0.480 e. The number of halogens is 3. The van der Waals surface area contributed by atoms with Gasteiger partial charge in [-0.25, -0.2) is 9.78 Å². The summed E-state index contributed by atoms with van der Waals surface area (Å²) in [5, 5.41) is 9.08. The average Bonchev–Trinajstić information content (AvgIpc) is 2.45. The number of pyridine rings is 1. The Kier molecular flexibility index (Phi) is 4.20. The third-order valence-electron chi connectivity index (χ3n) is 2.68. The van der Waals surface area contributed by atoms with Gasteiger partial charge in [-0.2, -0.15) is 0 Å². The number of nitrogens with zero attached hydrogens (tertiary/aromatic N) is 1. The summed E-state index contributed by atoms with van der Waals surface area (Å²) in [6, 6.07) is 6.43. The lowest BCUT2D eigenvalue weighted by molar-refractivity contribution is -0.274. The molecule has 2 aromatic rings. The van der Waals surface area contributed by atoms with Gasteiger partial charge < -0.3 is 14.6 Å². The maximum Gasteiger partial charge on any atom is 0.573 e. The van der Waals surface area contributed by atoms with Gasteiger partial charge in [0.15, 0.2) is 0 Å². The van der Waals surface area contributed by atoms with Crippen LogP contribution >= 0.6 is 0 Å². The molecule has 22 heavy (non-hydrogen) atoms. The summed E-state index contributed by atoms with van der Waals surface area (Å²) in [4.78, 5) is 15.0.